The number of anilines is 2. The van der Waals surface area contributed by atoms with Gasteiger partial charge >= 0.3 is 0 Å². The molecule has 152 valence electrons. The summed E-state index contributed by atoms with van der Waals surface area (Å²) in [6, 6.07) is 15.1. The minimum Gasteiger partial charge on any atom is -0.383 e. The average molecular weight is 392 g/mol. The average Bonchev–Trinajstić information content (AvgIpc) is 3.23. The number of carbonyl (C=O) groups excluding carboxylic acids is 1. The van der Waals surface area contributed by atoms with Crippen molar-refractivity contribution >= 4 is 17.3 Å². The maximum atomic E-state index is 12.5. The van der Waals surface area contributed by atoms with E-state index in [-0.39, 0.29) is 11.9 Å². The number of allylic oxidation sites excluding steroid dienone is 2. The van der Waals surface area contributed by atoms with E-state index in [0.717, 1.165) is 12.1 Å². The fourth-order valence-corrected chi connectivity index (χ4v) is 4.41. The van der Waals surface area contributed by atoms with Crippen molar-refractivity contribution in [3.63, 3.8) is 0 Å². The summed E-state index contributed by atoms with van der Waals surface area (Å²) < 4.78 is 5.01. The van der Waals surface area contributed by atoms with Crippen molar-refractivity contribution in [3.05, 3.63) is 71.3 Å². The molecule has 0 radical (unpaired) electrons. The molecule has 0 fully saturated rings. The number of carbonyl (C=O) groups is 1. The molecule has 3 atom stereocenters. The molecule has 29 heavy (non-hydrogen) atoms. The highest BCUT2D eigenvalue weighted by molar-refractivity contribution is 5.95. The molecule has 0 saturated heterocycles. The van der Waals surface area contributed by atoms with Crippen LogP contribution in [-0.4, -0.2) is 40.3 Å². The number of fused-ring (bicyclic) bond motifs is 3. The molecule has 1 heterocycles. The molecule has 1 aliphatic carbocycles. The molecule has 3 unspecified atom stereocenters. The molecule has 2 aromatic carbocycles. The van der Waals surface area contributed by atoms with Gasteiger partial charge in [-0.05, 0) is 53.8 Å². The van der Waals surface area contributed by atoms with Crippen molar-refractivity contribution in [2.45, 2.75) is 18.4 Å². The number of amides is 1. The molecule has 2 aliphatic rings. The van der Waals surface area contributed by atoms with Crippen molar-refractivity contribution in [1.29, 1.82) is 0 Å². The van der Waals surface area contributed by atoms with Crippen molar-refractivity contribution < 1.29 is 9.53 Å². The summed E-state index contributed by atoms with van der Waals surface area (Å²) in [5.41, 5.74) is 5.54. The highest BCUT2D eigenvalue weighted by Crippen LogP contribution is 2.50. The van der Waals surface area contributed by atoms with Crippen LogP contribution in [0.15, 0.2) is 54.6 Å². The van der Waals surface area contributed by atoms with Gasteiger partial charge in [-0.3, -0.25) is 4.79 Å². The van der Waals surface area contributed by atoms with Crippen molar-refractivity contribution in [1.82, 2.24) is 5.32 Å². The van der Waals surface area contributed by atoms with Gasteiger partial charge in [0.05, 0.1) is 12.6 Å². The van der Waals surface area contributed by atoms with Crippen LogP contribution in [0.25, 0.3) is 0 Å². The molecule has 5 nitrogen and oxygen atoms in total. The standard InChI is InChI=1S/C24H29N3O2/c1-27(2)18-10-7-16(8-11-18)23-20-6-4-5-19(20)21-15-17(9-12-22(21)26-23)24(28)25-13-14-29-3/h4-5,7-12,15,19-20,23,26H,6,13-14H2,1-3H3,(H,25,28). The Kier molecular flexibility index (Phi) is 5.58. The van der Waals surface area contributed by atoms with Crippen LogP contribution in [-0.2, 0) is 4.74 Å². The molecule has 2 N–H and O–H groups in total. The van der Waals surface area contributed by atoms with E-state index in [1.165, 1.54) is 16.8 Å². The van der Waals surface area contributed by atoms with Gasteiger partial charge in [0.15, 0.2) is 0 Å². The van der Waals surface area contributed by atoms with E-state index in [9.17, 15) is 4.79 Å². The molecule has 0 bridgehead atoms. The molecule has 1 aliphatic heterocycles. The number of hydrogen-bond acceptors (Lipinski definition) is 4. The van der Waals surface area contributed by atoms with Gasteiger partial charge < -0.3 is 20.3 Å². The number of methoxy groups -OCH3 is 1. The number of nitrogens with one attached hydrogen (secondary N) is 2. The smallest absolute Gasteiger partial charge is 0.251 e. The third-order valence-electron chi connectivity index (χ3n) is 5.99. The number of benzene rings is 2. The molecule has 0 saturated carbocycles. The Hall–Kier alpha value is -2.79. The Bertz CT molecular complexity index is 905. The summed E-state index contributed by atoms with van der Waals surface area (Å²) in [4.78, 5) is 14.6. The molecule has 5 heteroatoms. The van der Waals surface area contributed by atoms with E-state index >= 15 is 0 Å². The first kappa shape index (κ1) is 19.5. The molecule has 0 spiro atoms. The van der Waals surface area contributed by atoms with Gasteiger partial charge in [0.25, 0.3) is 5.91 Å². The summed E-state index contributed by atoms with van der Waals surface area (Å²) in [6.45, 7) is 1.03. The molecule has 2 aromatic rings. The highest BCUT2D eigenvalue weighted by atomic mass is 16.5. The van der Waals surface area contributed by atoms with Crippen LogP contribution in [0.3, 0.4) is 0 Å². The topological polar surface area (TPSA) is 53.6 Å². The monoisotopic (exact) mass is 391 g/mol. The lowest BCUT2D eigenvalue weighted by molar-refractivity contribution is 0.0937. The van der Waals surface area contributed by atoms with Gasteiger partial charge in [-0.2, -0.15) is 0 Å². The minimum atomic E-state index is -0.0511. The number of ether oxygens (including phenoxy) is 1. The summed E-state index contributed by atoms with van der Waals surface area (Å²) in [5, 5.41) is 6.66. The zero-order chi connectivity index (χ0) is 20.4. The third-order valence-corrected chi connectivity index (χ3v) is 5.99. The quantitative estimate of drug-likeness (QED) is 0.578. The van der Waals surface area contributed by atoms with Gasteiger partial charge in [-0.25, -0.2) is 0 Å². The van der Waals surface area contributed by atoms with Crippen molar-refractivity contribution in [3.8, 4) is 0 Å². The van der Waals surface area contributed by atoms with Crippen LogP contribution in [0.5, 0.6) is 0 Å². The lowest BCUT2D eigenvalue weighted by Gasteiger charge is -2.38. The zero-order valence-electron chi connectivity index (χ0n) is 17.3. The number of rotatable bonds is 6. The maximum Gasteiger partial charge on any atom is 0.251 e. The van der Waals surface area contributed by atoms with Crippen LogP contribution in [0, 0.1) is 5.92 Å². The third kappa shape index (κ3) is 3.87. The second-order valence-electron chi connectivity index (χ2n) is 8.01. The van der Waals surface area contributed by atoms with Gasteiger partial charge in [-0.15, -0.1) is 0 Å². The van der Waals surface area contributed by atoms with Gasteiger partial charge in [-0.1, -0.05) is 24.3 Å². The van der Waals surface area contributed by atoms with E-state index in [4.69, 9.17) is 4.74 Å². The van der Waals surface area contributed by atoms with Gasteiger partial charge in [0, 0.05) is 50.6 Å². The SMILES string of the molecule is COCCNC(=O)c1ccc2c(c1)C1C=CCC1C(c1ccc(N(C)C)cc1)N2. The Morgan fingerprint density at radius 3 is 2.72 bits per heavy atom. The largest absolute Gasteiger partial charge is 0.383 e. The second-order valence-corrected chi connectivity index (χ2v) is 8.01. The fourth-order valence-electron chi connectivity index (χ4n) is 4.41. The Morgan fingerprint density at radius 2 is 2.00 bits per heavy atom. The molecule has 4 rings (SSSR count). The fraction of sp³-hybridized carbons (Fsp3) is 0.375. The summed E-state index contributed by atoms with van der Waals surface area (Å²) in [7, 11) is 5.75. The van der Waals surface area contributed by atoms with Crippen LogP contribution in [0.4, 0.5) is 11.4 Å². The summed E-state index contributed by atoms with van der Waals surface area (Å²) in [6.07, 6.45) is 5.62. The van der Waals surface area contributed by atoms with E-state index in [1.807, 2.05) is 18.2 Å². The van der Waals surface area contributed by atoms with E-state index in [2.05, 4.69) is 66.0 Å². The summed E-state index contributed by atoms with van der Waals surface area (Å²) >= 11 is 0. The van der Waals surface area contributed by atoms with E-state index in [0.29, 0.717) is 30.6 Å². The van der Waals surface area contributed by atoms with Crippen LogP contribution >= 0.6 is 0 Å². The Labute approximate surface area is 172 Å². The molecule has 0 aromatic heterocycles. The lowest BCUT2D eigenvalue weighted by Crippen LogP contribution is -2.30. The van der Waals surface area contributed by atoms with Gasteiger partial charge in [0.1, 0.15) is 0 Å². The van der Waals surface area contributed by atoms with Crippen molar-refractivity contribution in [2.24, 2.45) is 5.92 Å². The predicted octanol–water partition coefficient (Wildman–Crippen LogP) is 3.96. The van der Waals surface area contributed by atoms with E-state index < -0.39 is 0 Å². The second kappa shape index (κ2) is 8.29. The van der Waals surface area contributed by atoms with E-state index in [1.54, 1.807) is 7.11 Å². The lowest BCUT2D eigenvalue weighted by atomic mass is 9.76. The molecular formula is C24H29N3O2. The molecule has 1 amide bonds. The maximum absolute atomic E-state index is 12.5. The predicted molar refractivity (Wildman–Crippen MR) is 118 cm³/mol. The number of hydrogen-bond donors (Lipinski definition) is 2. The first-order valence-corrected chi connectivity index (χ1v) is 10.2. The highest BCUT2D eigenvalue weighted by Gasteiger charge is 2.38. The van der Waals surface area contributed by atoms with Crippen LogP contribution < -0.4 is 15.5 Å². The normalized spacial score (nSPS) is 21.8. The minimum absolute atomic E-state index is 0.0511. The zero-order valence-corrected chi connectivity index (χ0v) is 17.3. The van der Waals surface area contributed by atoms with Crippen molar-refractivity contribution in [2.75, 3.05) is 44.6 Å². The van der Waals surface area contributed by atoms with Gasteiger partial charge in [0.2, 0.25) is 0 Å². The number of nitrogens with zero attached hydrogens (tertiary/aromatic N) is 1. The summed E-state index contributed by atoms with van der Waals surface area (Å²) in [5.74, 6) is 0.737. The van der Waals surface area contributed by atoms with Crippen LogP contribution in [0.1, 0.15) is 39.9 Å². The first-order chi connectivity index (χ1) is 14.1. The molecular weight excluding hydrogens is 362 g/mol. The first-order valence-electron chi connectivity index (χ1n) is 10.2. The Balaban J connectivity index is 1.59. The Morgan fingerprint density at radius 1 is 1.21 bits per heavy atom. The van der Waals surface area contributed by atoms with Crippen LogP contribution in [0.2, 0.25) is 0 Å².